The third kappa shape index (κ3) is 6.07. The summed E-state index contributed by atoms with van der Waals surface area (Å²) in [6.07, 6.45) is -2.12. The molecule has 33 heavy (non-hydrogen) atoms. The first-order valence-electron chi connectivity index (χ1n) is 10.8. The van der Waals surface area contributed by atoms with Crippen molar-refractivity contribution in [3.63, 3.8) is 0 Å². The Bertz CT molecular complexity index is 1040. The summed E-state index contributed by atoms with van der Waals surface area (Å²) in [5.41, 5.74) is 0.187. The van der Waals surface area contributed by atoms with Crippen molar-refractivity contribution in [1.29, 1.82) is 0 Å². The topological polar surface area (TPSA) is 45.2 Å². The largest absolute Gasteiger partial charge is 0.417 e. The Morgan fingerprint density at radius 1 is 0.970 bits per heavy atom. The standard InChI is InChI=1S/C25H24F3N3OS/c26-25(27,28)19-11-12-22(29-17-19)31-15-13-20(14-16-31)30-24(32)23(18-7-3-1-4-8-18)33-21-9-5-2-6-10-21/h1-12,17,20,23H,13-16H2,(H,30,32). The first-order valence-corrected chi connectivity index (χ1v) is 11.6. The maximum Gasteiger partial charge on any atom is 0.417 e. The first kappa shape index (κ1) is 23.2. The molecule has 1 aliphatic heterocycles. The van der Waals surface area contributed by atoms with Gasteiger partial charge < -0.3 is 10.2 Å². The van der Waals surface area contributed by atoms with Crippen LogP contribution in [0.5, 0.6) is 0 Å². The average Bonchev–Trinajstić information content (AvgIpc) is 2.84. The number of nitrogens with zero attached hydrogens (tertiary/aromatic N) is 2. The number of piperidine rings is 1. The number of aromatic nitrogens is 1. The van der Waals surface area contributed by atoms with Gasteiger partial charge in [-0.15, -0.1) is 11.8 Å². The number of hydrogen-bond donors (Lipinski definition) is 1. The van der Waals surface area contributed by atoms with E-state index in [-0.39, 0.29) is 17.2 Å². The Kier molecular flexibility index (Phi) is 7.23. The van der Waals surface area contributed by atoms with Gasteiger partial charge in [-0.25, -0.2) is 4.98 Å². The summed E-state index contributed by atoms with van der Waals surface area (Å²) >= 11 is 1.51. The van der Waals surface area contributed by atoms with Crippen LogP contribution in [0.1, 0.15) is 29.2 Å². The highest BCUT2D eigenvalue weighted by molar-refractivity contribution is 8.00. The minimum atomic E-state index is -4.39. The highest BCUT2D eigenvalue weighted by Crippen LogP contribution is 2.36. The van der Waals surface area contributed by atoms with Crippen molar-refractivity contribution in [3.05, 3.63) is 90.1 Å². The number of carbonyl (C=O) groups is 1. The van der Waals surface area contributed by atoms with Crippen LogP contribution in [0.2, 0.25) is 0 Å². The zero-order chi connectivity index (χ0) is 23.3. The van der Waals surface area contributed by atoms with Gasteiger partial charge in [-0.1, -0.05) is 48.5 Å². The van der Waals surface area contributed by atoms with Gasteiger partial charge in [-0.2, -0.15) is 13.2 Å². The van der Waals surface area contributed by atoms with Crippen molar-refractivity contribution in [2.45, 2.75) is 35.2 Å². The number of anilines is 1. The summed E-state index contributed by atoms with van der Waals surface area (Å²) in [5, 5.41) is 2.81. The summed E-state index contributed by atoms with van der Waals surface area (Å²) in [4.78, 5) is 20.2. The van der Waals surface area contributed by atoms with Gasteiger partial charge in [0.15, 0.2) is 0 Å². The van der Waals surface area contributed by atoms with Crippen LogP contribution in [0.4, 0.5) is 19.0 Å². The van der Waals surface area contributed by atoms with E-state index in [9.17, 15) is 18.0 Å². The second-order valence-corrected chi connectivity index (χ2v) is 9.07. The second kappa shape index (κ2) is 10.3. The van der Waals surface area contributed by atoms with Crippen molar-refractivity contribution in [3.8, 4) is 0 Å². The molecule has 8 heteroatoms. The highest BCUT2D eigenvalue weighted by atomic mass is 32.2. The molecule has 4 nitrogen and oxygen atoms in total. The minimum Gasteiger partial charge on any atom is -0.356 e. The van der Waals surface area contributed by atoms with Gasteiger partial charge in [0.1, 0.15) is 11.1 Å². The van der Waals surface area contributed by atoms with Crippen LogP contribution in [0.25, 0.3) is 0 Å². The third-order valence-corrected chi connectivity index (χ3v) is 6.84. The van der Waals surface area contributed by atoms with Gasteiger partial charge in [0, 0.05) is 30.2 Å². The average molecular weight is 472 g/mol. The monoisotopic (exact) mass is 471 g/mol. The fourth-order valence-electron chi connectivity index (χ4n) is 3.81. The van der Waals surface area contributed by atoms with Crippen molar-refractivity contribution >= 4 is 23.5 Å². The molecule has 1 fully saturated rings. The predicted octanol–water partition coefficient (Wildman–Crippen LogP) is 5.72. The van der Waals surface area contributed by atoms with E-state index < -0.39 is 11.7 Å². The molecule has 1 N–H and O–H groups in total. The number of amides is 1. The van der Waals surface area contributed by atoms with Crippen molar-refractivity contribution in [2.24, 2.45) is 0 Å². The third-order valence-electron chi connectivity index (χ3n) is 5.58. The summed E-state index contributed by atoms with van der Waals surface area (Å²) in [5.74, 6) is 0.482. The molecule has 1 atom stereocenters. The van der Waals surface area contributed by atoms with Gasteiger partial charge in [-0.3, -0.25) is 4.79 Å². The lowest BCUT2D eigenvalue weighted by Gasteiger charge is -2.34. The molecule has 0 saturated carbocycles. The molecular weight excluding hydrogens is 447 g/mol. The lowest BCUT2D eigenvalue weighted by Crippen LogP contribution is -2.46. The van der Waals surface area contributed by atoms with E-state index in [4.69, 9.17) is 0 Å². The maximum atomic E-state index is 13.2. The second-order valence-electron chi connectivity index (χ2n) is 7.89. The number of halogens is 3. The number of benzene rings is 2. The molecule has 1 unspecified atom stereocenters. The fraction of sp³-hybridized carbons (Fsp3) is 0.280. The number of pyridine rings is 1. The minimum absolute atomic E-state index is 0.00536. The Morgan fingerprint density at radius 2 is 1.61 bits per heavy atom. The Hall–Kier alpha value is -3.00. The number of thioether (sulfide) groups is 1. The molecule has 0 spiro atoms. The highest BCUT2D eigenvalue weighted by Gasteiger charge is 2.31. The van der Waals surface area contributed by atoms with Crippen LogP contribution in [0.3, 0.4) is 0 Å². The van der Waals surface area contributed by atoms with Crippen LogP contribution in [0.15, 0.2) is 83.9 Å². The van der Waals surface area contributed by atoms with E-state index in [1.54, 1.807) is 0 Å². The summed E-state index contributed by atoms with van der Waals surface area (Å²) in [6, 6.07) is 22.0. The predicted molar refractivity (Wildman–Crippen MR) is 124 cm³/mol. The van der Waals surface area contributed by atoms with Crippen LogP contribution in [0, 0.1) is 0 Å². The molecule has 1 aromatic heterocycles. The van der Waals surface area contributed by atoms with Gasteiger partial charge >= 0.3 is 6.18 Å². The zero-order valence-corrected chi connectivity index (χ0v) is 18.6. The van der Waals surface area contributed by atoms with Gasteiger partial charge in [-0.05, 0) is 42.7 Å². The molecule has 0 radical (unpaired) electrons. The Balaban J connectivity index is 1.37. The Labute approximate surface area is 195 Å². The van der Waals surface area contributed by atoms with Crippen molar-refractivity contribution in [2.75, 3.05) is 18.0 Å². The molecule has 3 aromatic rings. The molecule has 4 rings (SSSR count). The van der Waals surface area contributed by atoms with Crippen LogP contribution in [-0.2, 0) is 11.0 Å². The molecular formula is C25H24F3N3OS. The smallest absolute Gasteiger partial charge is 0.356 e. The number of hydrogen-bond acceptors (Lipinski definition) is 4. The summed E-state index contributed by atoms with van der Waals surface area (Å²) < 4.78 is 38.3. The fourth-order valence-corrected chi connectivity index (χ4v) is 4.86. The number of carbonyl (C=O) groups excluding carboxylic acids is 1. The molecule has 0 aliphatic carbocycles. The van der Waals surface area contributed by atoms with Crippen LogP contribution in [-0.4, -0.2) is 30.0 Å². The van der Waals surface area contributed by atoms with Crippen LogP contribution >= 0.6 is 11.8 Å². The zero-order valence-electron chi connectivity index (χ0n) is 17.8. The van der Waals surface area contributed by atoms with E-state index in [0.29, 0.717) is 31.7 Å². The summed E-state index contributed by atoms with van der Waals surface area (Å²) in [7, 11) is 0. The molecule has 172 valence electrons. The SMILES string of the molecule is O=C(NC1CCN(c2ccc(C(F)(F)F)cn2)CC1)C(Sc1ccccc1)c1ccccc1. The van der Waals surface area contributed by atoms with E-state index in [1.807, 2.05) is 65.6 Å². The molecule has 0 bridgehead atoms. The lowest BCUT2D eigenvalue weighted by molar-refractivity contribution is -0.137. The van der Waals surface area contributed by atoms with Gasteiger partial charge in [0.25, 0.3) is 0 Å². The van der Waals surface area contributed by atoms with E-state index in [0.717, 1.165) is 22.7 Å². The molecule has 2 heterocycles. The molecule has 2 aromatic carbocycles. The van der Waals surface area contributed by atoms with Gasteiger partial charge in [0.05, 0.1) is 5.56 Å². The maximum absolute atomic E-state index is 13.2. The first-order chi connectivity index (χ1) is 15.9. The van der Waals surface area contributed by atoms with E-state index >= 15 is 0 Å². The quantitative estimate of drug-likeness (QED) is 0.467. The summed E-state index contributed by atoms with van der Waals surface area (Å²) in [6.45, 7) is 1.23. The number of nitrogens with one attached hydrogen (secondary N) is 1. The Morgan fingerprint density at radius 3 is 2.18 bits per heavy atom. The molecule has 1 saturated heterocycles. The van der Waals surface area contributed by atoms with Crippen molar-refractivity contribution < 1.29 is 18.0 Å². The van der Waals surface area contributed by atoms with E-state index in [2.05, 4.69) is 10.3 Å². The number of alkyl halides is 3. The lowest BCUT2D eigenvalue weighted by atomic mass is 10.0. The van der Waals surface area contributed by atoms with Crippen LogP contribution < -0.4 is 10.2 Å². The normalized spacial score (nSPS) is 15.8. The van der Waals surface area contributed by atoms with Crippen molar-refractivity contribution in [1.82, 2.24) is 10.3 Å². The number of rotatable bonds is 6. The van der Waals surface area contributed by atoms with E-state index in [1.165, 1.54) is 17.8 Å². The molecule has 1 aliphatic rings. The van der Waals surface area contributed by atoms with Gasteiger partial charge in [0.2, 0.25) is 5.91 Å². The molecule has 1 amide bonds.